The second kappa shape index (κ2) is 7.40. The lowest BCUT2D eigenvalue weighted by atomic mass is 9.90. The minimum absolute atomic E-state index is 0.167. The van der Waals surface area contributed by atoms with Crippen molar-refractivity contribution in [2.75, 3.05) is 6.61 Å². The maximum Gasteiger partial charge on any atom is 0.341 e. The fourth-order valence-corrected chi connectivity index (χ4v) is 4.31. The fraction of sp³-hybridized carbons (Fsp3) is 0.316. The van der Waals surface area contributed by atoms with Gasteiger partial charge in [0.05, 0.1) is 10.9 Å². The molecule has 1 aliphatic heterocycles. The summed E-state index contributed by atoms with van der Waals surface area (Å²) >= 11 is 0. The Morgan fingerprint density at radius 2 is 2.07 bits per heavy atom. The second-order valence-corrected chi connectivity index (χ2v) is 8.79. The number of halogens is 1. The summed E-state index contributed by atoms with van der Waals surface area (Å²) in [6, 6.07) is 8.87. The van der Waals surface area contributed by atoms with Crippen molar-refractivity contribution in [2.24, 2.45) is 0 Å². The van der Waals surface area contributed by atoms with E-state index in [0.717, 1.165) is 6.07 Å². The van der Waals surface area contributed by atoms with E-state index in [1.165, 1.54) is 24.3 Å². The van der Waals surface area contributed by atoms with Gasteiger partial charge >= 0.3 is 5.97 Å². The van der Waals surface area contributed by atoms with E-state index < -0.39 is 40.1 Å². The number of nitrogens with one attached hydrogen (secondary N) is 1. The van der Waals surface area contributed by atoms with Crippen LogP contribution in [0.25, 0.3) is 0 Å². The molecule has 0 radical (unpaired) electrons. The standard InChI is InChI=1S/C19H20FNO6S/c1-19(2)10-16(21-28(24,25)14-5-3-4-12(20)8-14)15-7-6-13(9-17(15)27-19)26-11-18(22)23/h3-9,16,21H,10-11H2,1-2H3,(H,22,23). The van der Waals surface area contributed by atoms with Gasteiger partial charge in [-0.25, -0.2) is 22.3 Å². The highest BCUT2D eigenvalue weighted by Crippen LogP contribution is 2.41. The number of carboxylic acids is 1. The van der Waals surface area contributed by atoms with E-state index in [-0.39, 0.29) is 4.90 Å². The molecule has 9 heteroatoms. The van der Waals surface area contributed by atoms with Crippen molar-refractivity contribution in [2.45, 2.75) is 36.8 Å². The Labute approximate surface area is 162 Å². The molecule has 0 bridgehead atoms. The molecular weight excluding hydrogens is 389 g/mol. The number of carboxylic acid groups (broad SMARTS) is 1. The Balaban J connectivity index is 1.91. The van der Waals surface area contributed by atoms with Crippen LogP contribution < -0.4 is 14.2 Å². The summed E-state index contributed by atoms with van der Waals surface area (Å²) in [5.74, 6) is -1.06. The first-order valence-electron chi connectivity index (χ1n) is 8.51. The third-order valence-electron chi connectivity index (χ3n) is 4.21. The molecule has 0 aromatic heterocycles. The molecule has 0 saturated heterocycles. The molecule has 2 N–H and O–H groups in total. The maximum absolute atomic E-state index is 13.4. The summed E-state index contributed by atoms with van der Waals surface area (Å²) in [7, 11) is -3.96. The average Bonchev–Trinajstić information content (AvgIpc) is 2.58. The highest BCUT2D eigenvalue weighted by Gasteiger charge is 2.36. The molecular formula is C19H20FNO6S. The van der Waals surface area contributed by atoms with Gasteiger partial charge in [0.2, 0.25) is 10.0 Å². The molecule has 0 amide bonds. The minimum Gasteiger partial charge on any atom is -0.487 e. The van der Waals surface area contributed by atoms with Crippen molar-refractivity contribution in [3.05, 3.63) is 53.8 Å². The van der Waals surface area contributed by atoms with Crippen LogP contribution in [0, 0.1) is 5.82 Å². The average molecular weight is 409 g/mol. The molecule has 1 unspecified atom stereocenters. The lowest BCUT2D eigenvalue weighted by Gasteiger charge is -2.37. The second-order valence-electron chi connectivity index (χ2n) is 7.08. The highest BCUT2D eigenvalue weighted by molar-refractivity contribution is 7.89. The topological polar surface area (TPSA) is 102 Å². The van der Waals surface area contributed by atoms with Crippen LogP contribution in [0.15, 0.2) is 47.4 Å². The molecule has 0 saturated carbocycles. The van der Waals surface area contributed by atoms with Crippen LogP contribution in [0.4, 0.5) is 4.39 Å². The zero-order chi connectivity index (χ0) is 20.5. The van der Waals surface area contributed by atoms with Crippen molar-refractivity contribution >= 4 is 16.0 Å². The van der Waals surface area contributed by atoms with E-state index >= 15 is 0 Å². The van der Waals surface area contributed by atoms with Crippen LogP contribution in [-0.2, 0) is 14.8 Å². The summed E-state index contributed by atoms with van der Waals surface area (Å²) in [5, 5.41) is 8.73. The van der Waals surface area contributed by atoms with E-state index in [1.54, 1.807) is 12.1 Å². The van der Waals surface area contributed by atoms with Crippen molar-refractivity contribution in [3.8, 4) is 11.5 Å². The zero-order valence-corrected chi connectivity index (χ0v) is 16.1. The lowest BCUT2D eigenvalue weighted by Crippen LogP contribution is -2.41. The summed E-state index contributed by atoms with van der Waals surface area (Å²) in [6.07, 6.45) is 0.351. The molecule has 1 atom stereocenters. The lowest BCUT2D eigenvalue weighted by molar-refractivity contribution is -0.139. The van der Waals surface area contributed by atoms with Gasteiger partial charge in [-0.05, 0) is 38.1 Å². The van der Waals surface area contributed by atoms with Gasteiger partial charge in [0.1, 0.15) is 22.9 Å². The number of hydrogen-bond donors (Lipinski definition) is 2. The number of aliphatic carboxylic acids is 1. The highest BCUT2D eigenvalue weighted by atomic mass is 32.2. The third-order valence-corrected chi connectivity index (χ3v) is 5.68. The first-order valence-corrected chi connectivity index (χ1v) is 9.99. The number of fused-ring (bicyclic) bond motifs is 1. The van der Waals surface area contributed by atoms with E-state index in [9.17, 15) is 17.6 Å². The molecule has 0 spiro atoms. The van der Waals surface area contributed by atoms with Crippen LogP contribution in [-0.4, -0.2) is 31.7 Å². The quantitative estimate of drug-likeness (QED) is 0.761. The van der Waals surface area contributed by atoms with Crippen LogP contribution >= 0.6 is 0 Å². The zero-order valence-electron chi connectivity index (χ0n) is 15.3. The molecule has 1 heterocycles. The van der Waals surface area contributed by atoms with Crippen molar-refractivity contribution in [3.63, 3.8) is 0 Å². The van der Waals surface area contributed by atoms with Crippen LogP contribution in [0.5, 0.6) is 11.5 Å². The van der Waals surface area contributed by atoms with Gasteiger partial charge in [-0.2, -0.15) is 0 Å². The Morgan fingerprint density at radius 1 is 1.32 bits per heavy atom. The monoisotopic (exact) mass is 409 g/mol. The third kappa shape index (κ3) is 4.60. The van der Waals surface area contributed by atoms with Gasteiger partial charge in [0.25, 0.3) is 0 Å². The van der Waals surface area contributed by atoms with Gasteiger partial charge in [-0.1, -0.05) is 12.1 Å². The molecule has 28 heavy (non-hydrogen) atoms. The van der Waals surface area contributed by atoms with Crippen LogP contribution in [0.2, 0.25) is 0 Å². The van der Waals surface area contributed by atoms with Gasteiger partial charge in [0, 0.05) is 18.1 Å². The maximum atomic E-state index is 13.4. The Kier molecular flexibility index (Phi) is 5.31. The largest absolute Gasteiger partial charge is 0.487 e. The van der Waals surface area contributed by atoms with E-state index in [1.807, 2.05) is 13.8 Å². The predicted octanol–water partition coefficient (Wildman–Crippen LogP) is 2.87. The SMILES string of the molecule is CC1(C)CC(NS(=O)(=O)c2cccc(F)c2)c2ccc(OCC(=O)O)cc2O1. The number of rotatable bonds is 6. The predicted molar refractivity (Wildman–Crippen MR) is 98.4 cm³/mol. The number of benzene rings is 2. The fourth-order valence-electron chi connectivity index (χ4n) is 3.06. The molecule has 2 aromatic carbocycles. The normalized spacial score (nSPS) is 18.0. The van der Waals surface area contributed by atoms with Gasteiger partial charge in [-0.3, -0.25) is 0 Å². The minimum atomic E-state index is -3.96. The number of ether oxygens (including phenoxy) is 2. The molecule has 3 rings (SSSR count). The summed E-state index contributed by atoms with van der Waals surface area (Å²) in [5.41, 5.74) is -0.102. The molecule has 1 aliphatic rings. The Hall–Kier alpha value is -2.65. The smallest absolute Gasteiger partial charge is 0.341 e. The first kappa shape index (κ1) is 20.1. The van der Waals surface area contributed by atoms with Gasteiger partial charge < -0.3 is 14.6 Å². The van der Waals surface area contributed by atoms with Crippen LogP contribution in [0.1, 0.15) is 31.9 Å². The first-order chi connectivity index (χ1) is 13.1. The molecule has 150 valence electrons. The van der Waals surface area contributed by atoms with Crippen LogP contribution in [0.3, 0.4) is 0 Å². The van der Waals surface area contributed by atoms with Crippen molar-refractivity contribution < 1.29 is 32.2 Å². The number of sulfonamides is 1. The number of carbonyl (C=O) groups is 1. The summed E-state index contributed by atoms with van der Waals surface area (Å²) in [6.45, 7) is 3.12. The van der Waals surface area contributed by atoms with E-state index in [2.05, 4.69) is 4.72 Å². The van der Waals surface area contributed by atoms with Crippen molar-refractivity contribution in [1.82, 2.24) is 4.72 Å². The Bertz CT molecular complexity index is 1010. The number of hydrogen-bond acceptors (Lipinski definition) is 5. The van der Waals surface area contributed by atoms with Gasteiger partial charge in [-0.15, -0.1) is 0 Å². The molecule has 0 aliphatic carbocycles. The summed E-state index contributed by atoms with van der Waals surface area (Å²) in [4.78, 5) is 10.5. The van der Waals surface area contributed by atoms with Gasteiger partial charge in [0.15, 0.2) is 6.61 Å². The van der Waals surface area contributed by atoms with E-state index in [4.69, 9.17) is 14.6 Å². The Morgan fingerprint density at radius 3 is 2.75 bits per heavy atom. The molecule has 2 aromatic rings. The van der Waals surface area contributed by atoms with Crippen molar-refractivity contribution in [1.29, 1.82) is 0 Å². The summed E-state index contributed by atoms with van der Waals surface area (Å²) < 4.78 is 52.5. The van der Waals surface area contributed by atoms with E-state index in [0.29, 0.717) is 23.5 Å². The molecule has 7 nitrogen and oxygen atoms in total. The molecule has 0 fully saturated rings.